The van der Waals surface area contributed by atoms with Crippen molar-refractivity contribution in [3.05, 3.63) is 139 Å². The molecule has 5 atom stereocenters. The Bertz CT molecular complexity index is 2630. The molecular formula is C47H39NO. The molecule has 0 amide bonds. The summed E-state index contributed by atoms with van der Waals surface area (Å²) in [6.07, 6.45) is 5.45. The number of fused-ring (bicyclic) bond motifs is 14. The van der Waals surface area contributed by atoms with E-state index in [1.807, 2.05) is 6.07 Å². The van der Waals surface area contributed by atoms with Crippen molar-refractivity contribution in [1.29, 1.82) is 0 Å². The second kappa shape index (κ2) is 9.98. The lowest BCUT2D eigenvalue weighted by Gasteiger charge is -2.54. The predicted octanol–water partition coefficient (Wildman–Crippen LogP) is 12.7. The molecule has 2 bridgehead atoms. The van der Waals surface area contributed by atoms with Crippen LogP contribution in [0.3, 0.4) is 0 Å². The van der Waals surface area contributed by atoms with Gasteiger partial charge in [-0.2, -0.15) is 0 Å². The predicted molar refractivity (Wildman–Crippen MR) is 203 cm³/mol. The summed E-state index contributed by atoms with van der Waals surface area (Å²) in [6.45, 7) is 5.07. The van der Waals surface area contributed by atoms with Crippen molar-refractivity contribution in [3.63, 3.8) is 0 Å². The fraction of sp³-hybridized carbons (Fsp3) is 0.234. The monoisotopic (exact) mass is 633 g/mol. The first-order valence-electron chi connectivity index (χ1n) is 18.3. The Labute approximate surface area is 287 Å². The van der Waals surface area contributed by atoms with Gasteiger partial charge in [0.25, 0.3) is 0 Å². The summed E-state index contributed by atoms with van der Waals surface area (Å²) in [5.41, 5.74) is 14.2. The molecule has 0 saturated heterocycles. The zero-order valence-electron chi connectivity index (χ0n) is 28.1. The van der Waals surface area contributed by atoms with Crippen LogP contribution >= 0.6 is 0 Å². The van der Waals surface area contributed by atoms with Crippen LogP contribution in [0.1, 0.15) is 50.7 Å². The maximum absolute atomic E-state index is 6.56. The molecule has 1 spiro atoms. The lowest BCUT2D eigenvalue weighted by Crippen LogP contribution is -2.49. The van der Waals surface area contributed by atoms with Crippen molar-refractivity contribution in [2.75, 3.05) is 0 Å². The standard InChI is InChI=1S/C47H39NO/c1-28-23-30-25-29(2)47(32(24-28)26-30)39-16-6-3-13-37(39)45-33(14-9-17-40(45)47)31-21-22-42-38(27-31)34-11-4-7-18-41(34)48(42)43-19-10-15-36-35-12-5-8-20-44(35)49-46(36)43/h3-22,27-30,32H,23-26H2,1-2H3. The average molecular weight is 634 g/mol. The van der Waals surface area contributed by atoms with E-state index in [0.717, 1.165) is 39.5 Å². The van der Waals surface area contributed by atoms with Crippen LogP contribution in [0.4, 0.5) is 0 Å². The second-order valence-electron chi connectivity index (χ2n) is 15.5. The number of hydrogen-bond acceptors (Lipinski definition) is 1. The molecule has 2 nitrogen and oxygen atoms in total. The summed E-state index contributed by atoms with van der Waals surface area (Å²) in [5, 5.41) is 4.84. The molecule has 49 heavy (non-hydrogen) atoms. The van der Waals surface area contributed by atoms with Gasteiger partial charge in [0.15, 0.2) is 5.58 Å². The van der Waals surface area contributed by atoms with Crippen LogP contribution in [0.2, 0.25) is 0 Å². The lowest BCUT2D eigenvalue weighted by atomic mass is 9.49. The van der Waals surface area contributed by atoms with E-state index in [1.54, 1.807) is 11.1 Å². The maximum Gasteiger partial charge on any atom is 0.159 e. The third-order valence-electron chi connectivity index (χ3n) is 12.9. The summed E-state index contributed by atoms with van der Waals surface area (Å²) >= 11 is 0. The van der Waals surface area contributed by atoms with E-state index in [0.29, 0.717) is 11.8 Å². The van der Waals surface area contributed by atoms with Gasteiger partial charge in [-0.1, -0.05) is 111 Å². The highest BCUT2D eigenvalue weighted by Crippen LogP contribution is 2.65. The average Bonchev–Trinajstić information content (AvgIpc) is 3.77. The Hall–Kier alpha value is -5.08. The Balaban J connectivity index is 1.15. The summed E-state index contributed by atoms with van der Waals surface area (Å²) in [5.74, 6) is 3.00. The highest BCUT2D eigenvalue weighted by molar-refractivity contribution is 6.13. The molecular weight excluding hydrogens is 595 g/mol. The van der Waals surface area contributed by atoms with E-state index in [4.69, 9.17) is 4.42 Å². The topological polar surface area (TPSA) is 18.1 Å². The Morgan fingerprint density at radius 3 is 2.27 bits per heavy atom. The molecule has 0 N–H and O–H groups in total. The quantitative estimate of drug-likeness (QED) is 0.185. The van der Waals surface area contributed by atoms with Gasteiger partial charge in [-0.25, -0.2) is 0 Å². The zero-order chi connectivity index (χ0) is 32.4. The summed E-state index contributed by atoms with van der Waals surface area (Å²) in [6, 6.07) is 47.6. The van der Waals surface area contributed by atoms with Gasteiger partial charge in [-0.15, -0.1) is 0 Å². The zero-order valence-corrected chi connectivity index (χ0v) is 28.1. The molecule has 2 heterocycles. The SMILES string of the molecule is CC1CC2CC(C)C3(c4ccccc4-c4c(-c5ccc6c(c5)c5ccccc5n6-c5cccc6c5oc5ccccc56)cccc43)C(C1)C2. The van der Waals surface area contributed by atoms with Crippen molar-refractivity contribution in [3.8, 4) is 27.9 Å². The number of benzene rings is 6. The van der Waals surface area contributed by atoms with Gasteiger partial charge in [-0.3, -0.25) is 0 Å². The summed E-state index contributed by atoms with van der Waals surface area (Å²) < 4.78 is 8.97. The third kappa shape index (κ3) is 3.62. The van der Waals surface area contributed by atoms with E-state index >= 15 is 0 Å². The first kappa shape index (κ1) is 27.8. The van der Waals surface area contributed by atoms with Crippen LogP contribution in [0.25, 0.3) is 71.7 Å². The van der Waals surface area contributed by atoms with Gasteiger partial charge in [0.2, 0.25) is 0 Å². The molecule has 2 saturated carbocycles. The van der Waals surface area contributed by atoms with Crippen molar-refractivity contribution in [2.45, 2.75) is 44.9 Å². The Morgan fingerprint density at radius 2 is 1.33 bits per heavy atom. The Kier molecular flexibility index (Phi) is 5.67. The minimum absolute atomic E-state index is 0.0957. The van der Waals surface area contributed by atoms with E-state index in [2.05, 4.69) is 140 Å². The van der Waals surface area contributed by atoms with Crippen LogP contribution in [0.15, 0.2) is 132 Å². The number of hydrogen-bond donors (Lipinski definition) is 0. The van der Waals surface area contributed by atoms with E-state index in [1.165, 1.54) is 69.7 Å². The molecule has 2 heteroatoms. The Morgan fingerprint density at radius 1 is 0.592 bits per heavy atom. The van der Waals surface area contributed by atoms with Crippen molar-refractivity contribution in [2.24, 2.45) is 23.7 Å². The molecule has 5 unspecified atom stereocenters. The van der Waals surface area contributed by atoms with Crippen molar-refractivity contribution >= 4 is 43.7 Å². The van der Waals surface area contributed by atoms with E-state index in [-0.39, 0.29) is 5.41 Å². The van der Waals surface area contributed by atoms with Gasteiger partial charge < -0.3 is 8.98 Å². The maximum atomic E-state index is 6.56. The van der Waals surface area contributed by atoms with E-state index < -0.39 is 0 Å². The molecule has 2 fully saturated rings. The molecule has 0 aliphatic heterocycles. The largest absolute Gasteiger partial charge is 0.454 e. The van der Waals surface area contributed by atoms with Gasteiger partial charge >= 0.3 is 0 Å². The molecule has 3 aliphatic rings. The van der Waals surface area contributed by atoms with Gasteiger partial charge in [-0.05, 0) is 113 Å². The van der Waals surface area contributed by atoms with Crippen LogP contribution in [-0.2, 0) is 5.41 Å². The van der Waals surface area contributed by atoms with Crippen molar-refractivity contribution < 1.29 is 4.42 Å². The molecule has 0 radical (unpaired) electrons. The number of furan rings is 1. The minimum Gasteiger partial charge on any atom is -0.454 e. The van der Waals surface area contributed by atoms with Crippen LogP contribution < -0.4 is 0 Å². The molecule has 2 aromatic heterocycles. The molecule has 6 aromatic carbocycles. The highest BCUT2D eigenvalue weighted by Gasteiger charge is 2.56. The smallest absolute Gasteiger partial charge is 0.159 e. The van der Waals surface area contributed by atoms with Gasteiger partial charge in [0.05, 0.1) is 16.7 Å². The van der Waals surface area contributed by atoms with Gasteiger partial charge in [0, 0.05) is 27.0 Å². The van der Waals surface area contributed by atoms with Crippen molar-refractivity contribution in [1.82, 2.24) is 4.57 Å². The fourth-order valence-corrected chi connectivity index (χ4v) is 11.3. The molecule has 3 aliphatic carbocycles. The van der Waals surface area contributed by atoms with E-state index in [9.17, 15) is 0 Å². The highest BCUT2D eigenvalue weighted by atomic mass is 16.3. The number of aromatic nitrogens is 1. The first-order chi connectivity index (χ1) is 24.1. The summed E-state index contributed by atoms with van der Waals surface area (Å²) in [7, 11) is 0. The minimum atomic E-state index is 0.0957. The molecule has 238 valence electrons. The third-order valence-corrected chi connectivity index (χ3v) is 12.9. The number of para-hydroxylation sites is 3. The molecule has 11 rings (SSSR count). The number of rotatable bonds is 2. The summed E-state index contributed by atoms with van der Waals surface area (Å²) in [4.78, 5) is 0. The van der Waals surface area contributed by atoms with Gasteiger partial charge in [0.1, 0.15) is 5.58 Å². The second-order valence-corrected chi connectivity index (χ2v) is 15.5. The number of nitrogens with zero attached hydrogens (tertiary/aromatic N) is 1. The van der Waals surface area contributed by atoms with Crippen LogP contribution in [0.5, 0.6) is 0 Å². The normalized spacial score (nSPS) is 24.3. The van der Waals surface area contributed by atoms with Crippen LogP contribution in [0, 0.1) is 23.7 Å². The van der Waals surface area contributed by atoms with Crippen LogP contribution in [-0.4, -0.2) is 4.57 Å². The fourth-order valence-electron chi connectivity index (χ4n) is 11.3. The lowest BCUT2D eigenvalue weighted by molar-refractivity contribution is 0.0426. The first-order valence-corrected chi connectivity index (χ1v) is 18.3. The molecule has 8 aromatic rings.